The molecule has 3 heteroatoms. The summed E-state index contributed by atoms with van der Waals surface area (Å²) >= 11 is 0. The number of rotatable bonds is 5. The molecule has 0 heterocycles. The molecule has 4 atom stereocenters. The maximum atomic E-state index is 13.0. The number of hydrogen-bond donors (Lipinski definition) is 1. The van der Waals surface area contributed by atoms with E-state index < -0.39 is 0 Å². The van der Waals surface area contributed by atoms with Crippen LogP contribution >= 0.6 is 0 Å². The summed E-state index contributed by atoms with van der Waals surface area (Å²) in [6, 6.07) is 7.41. The highest BCUT2D eigenvalue weighted by atomic mass is 19.1. The summed E-state index contributed by atoms with van der Waals surface area (Å²) in [5.41, 5.74) is 1.09. The van der Waals surface area contributed by atoms with Gasteiger partial charge in [-0.25, -0.2) is 4.39 Å². The number of nitrogens with one attached hydrogen (secondary N) is 1. The van der Waals surface area contributed by atoms with Crippen molar-refractivity contribution in [3.8, 4) is 0 Å². The van der Waals surface area contributed by atoms with Crippen molar-refractivity contribution in [2.24, 2.45) is 17.8 Å². The minimum absolute atomic E-state index is 0.169. The molecule has 1 aromatic carbocycles. The van der Waals surface area contributed by atoms with Crippen molar-refractivity contribution >= 4 is 5.69 Å². The molecule has 0 bridgehead atoms. The first-order valence-electron chi connectivity index (χ1n) is 8.21. The smallest absolute Gasteiger partial charge is 0.123 e. The summed E-state index contributed by atoms with van der Waals surface area (Å²) in [6.07, 6.45) is 2.57. The Hall–Kier alpha value is -1.09. The van der Waals surface area contributed by atoms with Gasteiger partial charge in [0.15, 0.2) is 0 Å². The van der Waals surface area contributed by atoms with Crippen LogP contribution in [0.3, 0.4) is 0 Å². The summed E-state index contributed by atoms with van der Waals surface area (Å²) in [5, 5.41) is 3.67. The summed E-state index contributed by atoms with van der Waals surface area (Å²) in [6.45, 7) is 8.98. The molecular formula is C18H29FN2. The largest absolute Gasteiger partial charge is 0.374 e. The topological polar surface area (TPSA) is 15.3 Å². The summed E-state index contributed by atoms with van der Waals surface area (Å²) in [5.74, 6) is 2.01. The SMILES string of the molecule is CCNC1CC(C)CC(C)C1CN(C)c1ccc(F)cc1. The van der Waals surface area contributed by atoms with E-state index in [1.165, 1.54) is 12.8 Å². The van der Waals surface area contributed by atoms with Crippen LogP contribution in [0.4, 0.5) is 10.1 Å². The maximum absolute atomic E-state index is 13.0. The molecule has 1 aliphatic rings. The first kappa shape index (κ1) is 16.3. The average Bonchev–Trinajstić information content (AvgIpc) is 2.43. The third-order valence-corrected chi connectivity index (χ3v) is 4.90. The van der Waals surface area contributed by atoms with Crippen molar-refractivity contribution in [2.75, 3.05) is 25.0 Å². The minimum Gasteiger partial charge on any atom is -0.374 e. The van der Waals surface area contributed by atoms with Gasteiger partial charge in [0.05, 0.1) is 0 Å². The Morgan fingerprint density at radius 2 is 1.86 bits per heavy atom. The van der Waals surface area contributed by atoms with Crippen LogP contribution < -0.4 is 10.2 Å². The Balaban J connectivity index is 2.05. The highest BCUT2D eigenvalue weighted by Crippen LogP contribution is 2.34. The van der Waals surface area contributed by atoms with Crippen molar-refractivity contribution in [3.05, 3.63) is 30.1 Å². The first-order chi connectivity index (χ1) is 10.0. The van der Waals surface area contributed by atoms with Crippen molar-refractivity contribution in [1.82, 2.24) is 5.32 Å². The second-order valence-corrected chi connectivity index (χ2v) is 6.74. The number of anilines is 1. The van der Waals surface area contributed by atoms with Gasteiger partial charge in [-0.05, 0) is 61.4 Å². The van der Waals surface area contributed by atoms with E-state index in [4.69, 9.17) is 0 Å². The van der Waals surface area contributed by atoms with Crippen LogP contribution in [0.15, 0.2) is 24.3 Å². The Morgan fingerprint density at radius 1 is 1.19 bits per heavy atom. The Labute approximate surface area is 128 Å². The van der Waals surface area contributed by atoms with Crippen molar-refractivity contribution in [3.63, 3.8) is 0 Å². The molecule has 1 aliphatic carbocycles. The van der Waals surface area contributed by atoms with Crippen molar-refractivity contribution in [2.45, 2.75) is 39.7 Å². The predicted molar refractivity (Wildman–Crippen MR) is 88.2 cm³/mol. The molecule has 0 aliphatic heterocycles. The third-order valence-electron chi connectivity index (χ3n) is 4.90. The van der Waals surface area contributed by atoms with Gasteiger partial charge in [0.25, 0.3) is 0 Å². The van der Waals surface area contributed by atoms with Crippen LogP contribution in [0.2, 0.25) is 0 Å². The van der Waals surface area contributed by atoms with Crippen molar-refractivity contribution < 1.29 is 4.39 Å². The van der Waals surface area contributed by atoms with E-state index in [9.17, 15) is 4.39 Å². The molecule has 2 rings (SSSR count). The van der Waals surface area contributed by atoms with Crippen molar-refractivity contribution in [1.29, 1.82) is 0 Å². The number of halogens is 1. The predicted octanol–water partition coefficient (Wildman–Crippen LogP) is 3.92. The second-order valence-electron chi connectivity index (χ2n) is 6.74. The monoisotopic (exact) mass is 292 g/mol. The molecule has 21 heavy (non-hydrogen) atoms. The summed E-state index contributed by atoms with van der Waals surface area (Å²) in [4.78, 5) is 2.26. The zero-order chi connectivity index (χ0) is 15.4. The molecule has 4 unspecified atom stereocenters. The molecule has 1 saturated carbocycles. The molecule has 0 amide bonds. The summed E-state index contributed by atoms with van der Waals surface area (Å²) < 4.78 is 13.0. The fourth-order valence-electron chi connectivity index (χ4n) is 3.83. The molecule has 1 fully saturated rings. The van der Waals surface area contributed by atoms with E-state index in [2.05, 4.69) is 38.0 Å². The standard InChI is InChI=1S/C18H29FN2/c1-5-20-18-11-13(2)10-14(3)17(18)12-21(4)16-8-6-15(19)7-9-16/h6-9,13-14,17-18,20H,5,10-12H2,1-4H3. The lowest BCUT2D eigenvalue weighted by Gasteiger charge is -2.42. The zero-order valence-corrected chi connectivity index (χ0v) is 13.8. The van der Waals surface area contributed by atoms with Gasteiger partial charge in [-0.3, -0.25) is 0 Å². The molecule has 0 aromatic heterocycles. The maximum Gasteiger partial charge on any atom is 0.123 e. The van der Waals surface area contributed by atoms with E-state index >= 15 is 0 Å². The van der Waals surface area contributed by atoms with Gasteiger partial charge in [0.1, 0.15) is 5.82 Å². The molecule has 118 valence electrons. The molecule has 0 saturated heterocycles. The first-order valence-corrected chi connectivity index (χ1v) is 8.21. The second kappa shape index (κ2) is 7.26. The Kier molecular flexibility index (Phi) is 5.63. The fraction of sp³-hybridized carbons (Fsp3) is 0.667. The quantitative estimate of drug-likeness (QED) is 0.885. The molecule has 1 aromatic rings. The van der Waals surface area contributed by atoms with Crippen LogP contribution in [0.1, 0.15) is 33.6 Å². The number of benzene rings is 1. The fourth-order valence-corrected chi connectivity index (χ4v) is 3.83. The highest BCUT2D eigenvalue weighted by Gasteiger charge is 2.34. The van der Waals surface area contributed by atoms with E-state index in [0.717, 1.165) is 30.6 Å². The minimum atomic E-state index is -0.169. The zero-order valence-electron chi connectivity index (χ0n) is 13.8. The highest BCUT2D eigenvalue weighted by molar-refractivity contribution is 5.45. The molecule has 1 N–H and O–H groups in total. The third kappa shape index (κ3) is 4.19. The van der Waals surface area contributed by atoms with Gasteiger partial charge in [0, 0.05) is 25.3 Å². The van der Waals surface area contributed by atoms with Crippen LogP contribution in [0.5, 0.6) is 0 Å². The Bertz CT molecular complexity index is 431. The van der Waals surface area contributed by atoms with Crippen LogP contribution in [-0.2, 0) is 0 Å². The lowest BCUT2D eigenvalue weighted by molar-refractivity contribution is 0.154. The molecule has 0 radical (unpaired) electrons. The normalized spacial score (nSPS) is 29.4. The molecule has 2 nitrogen and oxygen atoms in total. The van der Waals surface area contributed by atoms with Gasteiger partial charge >= 0.3 is 0 Å². The van der Waals surface area contributed by atoms with Gasteiger partial charge in [-0.15, -0.1) is 0 Å². The van der Waals surface area contributed by atoms with Crippen LogP contribution in [-0.4, -0.2) is 26.2 Å². The van der Waals surface area contributed by atoms with Gasteiger partial charge in [-0.2, -0.15) is 0 Å². The van der Waals surface area contributed by atoms with E-state index in [0.29, 0.717) is 12.0 Å². The van der Waals surface area contributed by atoms with Gasteiger partial charge in [-0.1, -0.05) is 20.8 Å². The van der Waals surface area contributed by atoms with Gasteiger partial charge < -0.3 is 10.2 Å². The number of hydrogen-bond acceptors (Lipinski definition) is 2. The average molecular weight is 292 g/mol. The van der Waals surface area contributed by atoms with Gasteiger partial charge in [0.2, 0.25) is 0 Å². The molecular weight excluding hydrogens is 263 g/mol. The van der Waals surface area contributed by atoms with Crippen LogP contribution in [0, 0.1) is 23.6 Å². The van der Waals surface area contributed by atoms with E-state index in [1.54, 1.807) is 12.1 Å². The lowest BCUT2D eigenvalue weighted by atomic mass is 9.72. The van der Waals surface area contributed by atoms with E-state index in [1.807, 2.05) is 12.1 Å². The van der Waals surface area contributed by atoms with Crippen LogP contribution in [0.25, 0.3) is 0 Å². The number of nitrogens with zero attached hydrogens (tertiary/aromatic N) is 1. The summed E-state index contributed by atoms with van der Waals surface area (Å²) in [7, 11) is 2.11. The van der Waals surface area contributed by atoms with E-state index in [-0.39, 0.29) is 5.82 Å². The molecule has 0 spiro atoms. The Morgan fingerprint density at radius 3 is 2.48 bits per heavy atom. The lowest BCUT2D eigenvalue weighted by Crippen LogP contribution is -2.48.